The van der Waals surface area contributed by atoms with Gasteiger partial charge in [0.15, 0.2) is 0 Å². The van der Waals surface area contributed by atoms with E-state index in [4.69, 9.17) is 39.4 Å². The first-order valence-corrected chi connectivity index (χ1v) is 14.2. The van der Waals surface area contributed by atoms with E-state index >= 15 is 0 Å². The number of fused-ring (bicyclic) bond motifs is 1. The Morgan fingerprint density at radius 3 is 1.81 bits per heavy atom. The van der Waals surface area contributed by atoms with Crippen molar-refractivity contribution in [2.75, 3.05) is 18.8 Å². The smallest absolute Gasteiger partial charge is 0.475 e. The van der Waals surface area contributed by atoms with Crippen molar-refractivity contribution in [2.24, 2.45) is 0 Å². The Hall–Kier alpha value is -4.17. The summed E-state index contributed by atoms with van der Waals surface area (Å²) in [6.45, 7) is 3.82. The molecule has 0 amide bonds. The Kier molecular flexibility index (Phi) is 14.0. The van der Waals surface area contributed by atoms with Crippen LogP contribution in [0.4, 0.5) is 39.5 Å². The summed E-state index contributed by atoms with van der Waals surface area (Å²) in [5, 5.41) is 22.6. The zero-order valence-electron chi connectivity index (χ0n) is 24.2. The summed E-state index contributed by atoms with van der Waals surface area (Å²) in [4.78, 5) is 38.3. The molecule has 1 atom stereocenters. The predicted molar refractivity (Wildman–Crippen MR) is 151 cm³/mol. The number of hydrogen-bond donors (Lipinski definition) is 3. The molecule has 1 spiro atoms. The average molecular weight is 720 g/mol. The summed E-state index contributed by atoms with van der Waals surface area (Å²) in [6, 6.07) is 18.6. The number of benzene rings is 1. The number of aromatic nitrogens is 2. The van der Waals surface area contributed by atoms with Crippen molar-refractivity contribution in [3.8, 4) is 0 Å². The van der Waals surface area contributed by atoms with E-state index in [1.807, 2.05) is 24.4 Å². The van der Waals surface area contributed by atoms with E-state index in [-0.39, 0.29) is 0 Å². The molecule has 0 aliphatic carbocycles. The summed E-state index contributed by atoms with van der Waals surface area (Å²) >= 11 is 2.08. The van der Waals surface area contributed by atoms with E-state index < -0.39 is 36.4 Å². The van der Waals surface area contributed by atoms with Gasteiger partial charge in [-0.15, -0.1) is 11.8 Å². The fourth-order valence-corrected chi connectivity index (χ4v) is 5.73. The molecular weight excluding hydrogens is 693 g/mol. The van der Waals surface area contributed by atoms with Crippen molar-refractivity contribution in [1.29, 1.82) is 0 Å². The number of likely N-dealkylation sites (tertiary alicyclic amines) is 1. The molecule has 2 aliphatic rings. The molecule has 2 aliphatic heterocycles. The average Bonchev–Trinajstić information content (AvgIpc) is 3.40. The van der Waals surface area contributed by atoms with Gasteiger partial charge in [0.05, 0.1) is 29.6 Å². The summed E-state index contributed by atoms with van der Waals surface area (Å²) < 4.78 is 102. The lowest BCUT2D eigenvalue weighted by Crippen LogP contribution is -2.58. The molecular formula is C28H26F9N3O7S. The third kappa shape index (κ3) is 13.5. The number of alkyl halides is 9. The second-order valence-corrected chi connectivity index (χ2v) is 11.5. The van der Waals surface area contributed by atoms with Crippen molar-refractivity contribution in [1.82, 2.24) is 14.9 Å². The number of rotatable bonds is 5. The highest BCUT2D eigenvalue weighted by Crippen LogP contribution is 2.46. The number of para-hydroxylation sites is 1. The number of halogens is 9. The fourth-order valence-electron chi connectivity index (χ4n) is 4.12. The monoisotopic (exact) mass is 719 g/mol. The molecule has 0 saturated carbocycles. The van der Waals surface area contributed by atoms with E-state index in [0.29, 0.717) is 17.5 Å². The highest BCUT2D eigenvalue weighted by atomic mass is 32.2. The van der Waals surface area contributed by atoms with Gasteiger partial charge >= 0.3 is 36.4 Å². The molecule has 0 bridgehead atoms. The van der Waals surface area contributed by atoms with Crippen LogP contribution in [0.25, 0.3) is 10.9 Å². The number of carbonyl (C=O) groups is 3. The molecule has 10 nitrogen and oxygen atoms in total. The van der Waals surface area contributed by atoms with Crippen LogP contribution < -0.4 is 0 Å². The normalized spacial score (nSPS) is 17.1. The zero-order chi connectivity index (χ0) is 36.3. The first kappa shape index (κ1) is 40.0. The summed E-state index contributed by atoms with van der Waals surface area (Å²) in [5.41, 5.74) is 3.26. The topological polar surface area (TPSA) is 150 Å². The zero-order valence-corrected chi connectivity index (χ0v) is 25.0. The lowest BCUT2D eigenvalue weighted by atomic mass is 9.92. The summed E-state index contributed by atoms with van der Waals surface area (Å²) in [6.07, 6.45) is -11.9. The molecule has 1 aromatic carbocycles. The molecule has 264 valence electrons. The SMILES string of the molecule is O=C(O)C(F)(F)F.O=C(O)C(F)(F)F.O=C(O)C(F)(F)F.c1ccc(COC2CSC3(C2)CN(Cc2ccc4ccccc4n2)C3)nc1. The molecule has 20 heteroatoms. The van der Waals surface area contributed by atoms with Gasteiger partial charge in [-0.05, 0) is 30.7 Å². The molecule has 1 unspecified atom stereocenters. The minimum atomic E-state index is -5.08. The molecule has 5 rings (SSSR count). The molecule has 2 aromatic heterocycles. The van der Waals surface area contributed by atoms with E-state index in [1.165, 1.54) is 5.39 Å². The molecule has 2 saturated heterocycles. The largest absolute Gasteiger partial charge is 0.490 e. The van der Waals surface area contributed by atoms with Gasteiger partial charge in [-0.2, -0.15) is 39.5 Å². The number of carboxylic acids is 3. The molecule has 2 fully saturated rings. The maximum absolute atomic E-state index is 10.6. The molecule has 0 radical (unpaired) electrons. The fraction of sp³-hybridized carbons (Fsp3) is 0.393. The number of pyridine rings is 2. The van der Waals surface area contributed by atoms with Gasteiger partial charge in [0.1, 0.15) is 0 Å². The van der Waals surface area contributed by atoms with Crippen LogP contribution in [0.5, 0.6) is 0 Å². The van der Waals surface area contributed by atoms with E-state index in [0.717, 1.165) is 48.7 Å². The summed E-state index contributed by atoms with van der Waals surface area (Å²) in [7, 11) is 0. The number of ether oxygens (including phenoxy) is 1. The maximum Gasteiger partial charge on any atom is 0.490 e. The van der Waals surface area contributed by atoms with E-state index in [1.54, 1.807) is 0 Å². The molecule has 3 N–H and O–H groups in total. The molecule has 3 aromatic rings. The van der Waals surface area contributed by atoms with Gasteiger partial charge in [0.25, 0.3) is 0 Å². The van der Waals surface area contributed by atoms with Crippen LogP contribution >= 0.6 is 11.8 Å². The highest BCUT2D eigenvalue weighted by Gasteiger charge is 2.49. The number of hydrogen-bond acceptors (Lipinski definition) is 8. The molecule has 48 heavy (non-hydrogen) atoms. The van der Waals surface area contributed by atoms with Gasteiger partial charge in [-0.25, -0.2) is 14.4 Å². The van der Waals surface area contributed by atoms with E-state index in [9.17, 15) is 39.5 Å². The standard InChI is InChI=1S/C22H23N3OS.3C2HF3O2/c1-2-7-21-17(5-1)8-9-18(24-21)12-25-15-22(16-25)11-20(14-27-22)26-13-19-6-3-4-10-23-19;3*3-2(4,5)1(6)7/h1-10,20H,11-16H2;3*(H,6,7). The number of nitrogens with zero attached hydrogens (tertiary/aromatic N) is 3. The minimum absolute atomic E-state index is 0.345. The van der Waals surface area contributed by atoms with Crippen LogP contribution in [-0.2, 0) is 32.3 Å². The van der Waals surface area contributed by atoms with E-state index in [2.05, 4.69) is 58.0 Å². The van der Waals surface area contributed by atoms with Crippen LogP contribution in [-0.4, -0.2) is 96.3 Å². The highest BCUT2D eigenvalue weighted by molar-refractivity contribution is 8.01. The maximum atomic E-state index is 10.6. The summed E-state index contributed by atoms with van der Waals surface area (Å²) in [5.74, 6) is -7.18. The minimum Gasteiger partial charge on any atom is -0.475 e. The third-order valence-electron chi connectivity index (χ3n) is 6.16. The van der Waals surface area contributed by atoms with Gasteiger partial charge in [0.2, 0.25) is 0 Å². The van der Waals surface area contributed by atoms with Crippen molar-refractivity contribution >= 4 is 40.6 Å². The Balaban J connectivity index is 0.000000313. The molecule has 4 heterocycles. The lowest BCUT2D eigenvalue weighted by molar-refractivity contribution is -0.193. The second kappa shape index (κ2) is 16.8. The first-order valence-electron chi connectivity index (χ1n) is 13.2. The Bertz CT molecular complexity index is 1460. The Labute approximate surface area is 269 Å². The Morgan fingerprint density at radius 2 is 1.31 bits per heavy atom. The number of aliphatic carboxylic acids is 3. The van der Waals surface area contributed by atoms with Gasteiger partial charge in [-0.1, -0.05) is 30.3 Å². The predicted octanol–water partition coefficient (Wildman–Crippen LogP) is 5.81. The van der Waals surface area contributed by atoms with Crippen LogP contribution in [0, 0.1) is 0 Å². The van der Waals surface area contributed by atoms with Gasteiger partial charge < -0.3 is 20.1 Å². The lowest BCUT2D eigenvalue weighted by Gasteiger charge is -2.47. The van der Waals surface area contributed by atoms with Crippen molar-refractivity contribution < 1.29 is 74.0 Å². The second-order valence-electron chi connectivity index (χ2n) is 10.0. The van der Waals surface area contributed by atoms with Crippen molar-refractivity contribution in [3.05, 3.63) is 72.2 Å². The number of carboxylic acid groups (broad SMARTS) is 3. The quantitative estimate of drug-likeness (QED) is 0.275. The van der Waals surface area contributed by atoms with Gasteiger partial charge in [-0.3, -0.25) is 14.9 Å². The van der Waals surface area contributed by atoms with Crippen molar-refractivity contribution in [2.45, 2.75) is 49.0 Å². The Morgan fingerprint density at radius 1 is 0.792 bits per heavy atom. The first-order chi connectivity index (χ1) is 22.1. The van der Waals surface area contributed by atoms with Crippen LogP contribution in [0.15, 0.2) is 60.8 Å². The van der Waals surface area contributed by atoms with Crippen LogP contribution in [0.1, 0.15) is 17.8 Å². The van der Waals surface area contributed by atoms with Crippen LogP contribution in [0.3, 0.4) is 0 Å². The van der Waals surface area contributed by atoms with Crippen molar-refractivity contribution in [3.63, 3.8) is 0 Å². The van der Waals surface area contributed by atoms with Crippen LogP contribution in [0.2, 0.25) is 0 Å². The number of thioether (sulfide) groups is 1. The van der Waals surface area contributed by atoms with Gasteiger partial charge in [0, 0.05) is 41.7 Å². The third-order valence-corrected chi connectivity index (χ3v) is 7.74.